The second-order valence-electron chi connectivity index (χ2n) is 7.87. The molecule has 4 nitrogen and oxygen atoms in total. The molecule has 23 heavy (non-hydrogen) atoms. The van der Waals surface area contributed by atoms with Crippen molar-refractivity contribution >= 4 is 5.91 Å². The van der Waals surface area contributed by atoms with E-state index in [4.69, 9.17) is 0 Å². The minimum atomic E-state index is 0.369. The number of hydrogen-bond acceptors (Lipinski definition) is 3. The molecule has 2 atom stereocenters. The summed E-state index contributed by atoms with van der Waals surface area (Å²) >= 11 is 0. The molecule has 2 rings (SSSR count). The minimum Gasteiger partial charge on any atom is -0.340 e. The van der Waals surface area contributed by atoms with Gasteiger partial charge in [0.25, 0.3) is 0 Å². The Balaban J connectivity index is 1.61. The van der Waals surface area contributed by atoms with Crippen molar-refractivity contribution in [1.82, 2.24) is 14.7 Å². The lowest BCUT2D eigenvalue weighted by Crippen LogP contribution is -2.51. The monoisotopic (exact) mass is 323 g/mol. The zero-order valence-electron chi connectivity index (χ0n) is 15.8. The lowest BCUT2D eigenvalue weighted by molar-refractivity contribution is -0.133. The molecule has 134 valence electrons. The highest BCUT2D eigenvalue weighted by atomic mass is 16.2. The SMILES string of the molecule is CCC(C)N1CCN(C(=O)CCCN2CCC(C(C)C)C2)CC1. The number of amides is 1. The van der Waals surface area contributed by atoms with E-state index in [0.29, 0.717) is 11.9 Å². The molecule has 0 bridgehead atoms. The quantitative estimate of drug-likeness (QED) is 0.721. The molecule has 1 amide bonds. The van der Waals surface area contributed by atoms with Gasteiger partial charge in [0.15, 0.2) is 0 Å². The Morgan fingerprint density at radius 3 is 2.35 bits per heavy atom. The highest BCUT2D eigenvalue weighted by Gasteiger charge is 2.25. The maximum atomic E-state index is 12.4. The van der Waals surface area contributed by atoms with Gasteiger partial charge in [0.05, 0.1) is 0 Å². The largest absolute Gasteiger partial charge is 0.340 e. The van der Waals surface area contributed by atoms with Crippen LogP contribution in [0.4, 0.5) is 0 Å². The van der Waals surface area contributed by atoms with Gasteiger partial charge in [0, 0.05) is 45.2 Å². The number of carbonyl (C=O) groups excluding carboxylic acids is 1. The molecular formula is C19H37N3O. The van der Waals surface area contributed by atoms with Crippen molar-refractivity contribution in [1.29, 1.82) is 0 Å². The molecule has 0 aromatic carbocycles. The zero-order valence-corrected chi connectivity index (χ0v) is 15.8. The summed E-state index contributed by atoms with van der Waals surface area (Å²) in [7, 11) is 0. The molecule has 2 fully saturated rings. The van der Waals surface area contributed by atoms with Crippen LogP contribution in [0.25, 0.3) is 0 Å². The van der Waals surface area contributed by atoms with Gasteiger partial charge in [0.2, 0.25) is 5.91 Å². The molecule has 0 radical (unpaired) electrons. The van der Waals surface area contributed by atoms with E-state index in [1.54, 1.807) is 0 Å². The summed E-state index contributed by atoms with van der Waals surface area (Å²) in [6.45, 7) is 16.7. The van der Waals surface area contributed by atoms with Crippen LogP contribution < -0.4 is 0 Å². The van der Waals surface area contributed by atoms with Gasteiger partial charge in [0.1, 0.15) is 0 Å². The standard InChI is InChI=1S/C19H37N3O/c1-5-17(4)21-11-13-22(14-12-21)19(23)7-6-9-20-10-8-18(15-20)16(2)3/h16-18H,5-15H2,1-4H3. The van der Waals surface area contributed by atoms with Crippen molar-refractivity contribution in [2.75, 3.05) is 45.8 Å². The summed E-state index contributed by atoms with van der Waals surface area (Å²) in [6.07, 6.45) is 4.28. The number of nitrogens with zero attached hydrogens (tertiary/aromatic N) is 3. The molecular weight excluding hydrogens is 286 g/mol. The van der Waals surface area contributed by atoms with E-state index in [1.807, 2.05) is 0 Å². The lowest BCUT2D eigenvalue weighted by atomic mass is 9.95. The molecule has 2 saturated heterocycles. The third-order valence-electron chi connectivity index (χ3n) is 6.00. The average molecular weight is 324 g/mol. The summed E-state index contributed by atoms with van der Waals surface area (Å²) in [5.74, 6) is 2.02. The third kappa shape index (κ3) is 5.46. The maximum absolute atomic E-state index is 12.4. The molecule has 2 aliphatic rings. The van der Waals surface area contributed by atoms with Gasteiger partial charge in [-0.25, -0.2) is 0 Å². The van der Waals surface area contributed by atoms with Crippen LogP contribution in [0.3, 0.4) is 0 Å². The van der Waals surface area contributed by atoms with Crippen molar-refractivity contribution in [3.63, 3.8) is 0 Å². The van der Waals surface area contributed by atoms with E-state index in [-0.39, 0.29) is 0 Å². The highest BCUT2D eigenvalue weighted by molar-refractivity contribution is 5.76. The first-order chi connectivity index (χ1) is 11.0. The van der Waals surface area contributed by atoms with E-state index < -0.39 is 0 Å². The molecule has 2 unspecified atom stereocenters. The topological polar surface area (TPSA) is 26.8 Å². The first-order valence-electron chi connectivity index (χ1n) is 9.75. The highest BCUT2D eigenvalue weighted by Crippen LogP contribution is 2.23. The molecule has 2 aliphatic heterocycles. The van der Waals surface area contributed by atoms with Crippen molar-refractivity contribution in [2.45, 2.75) is 59.4 Å². The molecule has 4 heteroatoms. The van der Waals surface area contributed by atoms with Gasteiger partial charge in [-0.1, -0.05) is 20.8 Å². The summed E-state index contributed by atoms with van der Waals surface area (Å²) in [5, 5.41) is 0. The number of likely N-dealkylation sites (tertiary alicyclic amines) is 1. The van der Waals surface area contributed by atoms with E-state index in [9.17, 15) is 4.79 Å². The Labute approximate surface area is 143 Å². The number of hydrogen-bond donors (Lipinski definition) is 0. The number of carbonyl (C=O) groups is 1. The first kappa shape index (κ1) is 18.7. The van der Waals surface area contributed by atoms with Gasteiger partial charge < -0.3 is 9.80 Å². The summed E-state index contributed by atoms with van der Waals surface area (Å²) in [5.41, 5.74) is 0. The summed E-state index contributed by atoms with van der Waals surface area (Å²) in [4.78, 5) is 19.5. The second-order valence-corrected chi connectivity index (χ2v) is 7.87. The fourth-order valence-electron chi connectivity index (χ4n) is 3.89. The van der Waals surface area contributed by atoms with Crippen molar-refractivity contribution < 1.29 is 4.79 Å². The van der Waals surface area contributed by atoms with Gasteiger partial charge in [-0.15, -0.1) is 0 Å². The Kier molecular flexibility index (Phi) is 7.35. The maximum Gasteiger partial charge on any atom is 0.222 e. The number of piperazine rings is 1. The smallest absolute Gasteiger partial charge is 0.222 e. The first-order valence-corrected chi connectivity index (χ1v) is 9.75. The van der Waals surface area contributed by atoms with E-state index in [2.05, 4.69) is 42.4 Å². The van der Waals surface area contributed by atoms with Crippen molar-refractivity contribution in [3.8, 4) is 0 Å². The van der Waals surface area contributed by atoms with Crippen LogP contribution in [-0.2, 0) is 4.79 Å². The normalized spacial score (nSPS) is 25.3. The predicted molar refractivity (Wildman–Crippen MR) is 96.5 cm³/mol. The zero-order chi connectivity index (χ0) is 16.8. The van der Waals surface area contributed by atoms with Crippen LogP contribution >= 0.6 is 0 Å². The van der Waals surface area contributed by atoms with Gasteiger partial charge in [-0.2, -0.15) is 0 Å². The summed E-state index contributed by atoms with van der Waals surface area (Å²) < 4.78 is 0. The predicted octanol–water partition coefficient (Wildman–Crippen LogP) is 2.69. The van der Waals surface area contributed by atoms with Crippen LogP contribution in [0.5, 0.6) is 0 Å². The van der Waals surface area contributed by atoms with Crippen LogP contribution in [-0.4, -0.2) is 72.5 Å². The van der Waals surface area contributed by atoms with E-state index >= 15 is 0 Å². The van der Waals surface area contributed by atoms with Gasteiger partial charge >= 0.3 is 0 Å². The lowest BCUT2D eigenvalue weighted by Gasteiger charge is -2.38. The molecule has 0 aromatic heterocycles. The molecule has 0 aliphatic carbocycles. The fraction of sp³-hybridized carbons (Fsp3) is 0.947. The van der Waals surface area contributed by atoms with Crippen molar-refractivity contribution in [2.24, 2.45) is 11.8 Å². The van der Waals surface area contributed by atoms with Crippen molar-refractivity contribution in [3.05, 3.63) is 0 Å². The van der Waals surface area contributed by atoms with Crippen LogP contribution in [0, 0.1) is 11.8 Å². The van der Waals surface area contributed by atoms with Crippen LogP contribution in [0.2, 0.25) is 0 Å². The third-order valence-corrected chi connectivity index (χ3v) is 6.00. The van der Waals surface area contributed by atoms with E-state index in [0.717, 1.165) is 57.4 Å². The van der Waals surface area contributed by atoms with Crippen LogP contribution in [0.1, 0.15) is 53.4 Å². The fourth-order valence-corrected chi connectivity index (χ4v) is 3.89. The molecule has 0 saturated carbocycles. The Bertz CT molecular complexity index is 364. The minimum absolute atomic E-state index is 0.369. The number of rotatable bonds is 7. The van der Waals surface area contributed by atoms with Gasteiger partial charge in [-0.3, -0.25) is 9.69 Å². The molecule has 0 aromatic rings. The Morgan fingerprint density at radius 1 is 1.09 bits per heavy atom. The van der Waals surface area contributed by atoms with Crippen LogP contribution in [0.15, 0.2) is 0 Å². The molecule has 2 heterocycles. The second kappa shape index (κ2) is 9.03. The Hall–Kier alpha value is -0.610. The molecule has 0 spiro atoms. The van der Waals surface area contributed by atoms with E-state index in [1.165, 1.54) is 25.9 Å². The van der Waals surface area contributed by atoms with Gasteiger partial charge in [-0.05, 0) is 51.1 Å². The molecule has 0 N–H and O–H groups in total. The average Bonchev–Trinajstić information content (AvgIpc) is 3.03. The summed E-state index contributed by atoms with van der Waals surface area (Å²) in [6, 6.07) is 0.649. The Morgan fingerprint density at radius 2 is 1.78 bits per heavy atom.